The van der Waals surface area contributed by atoms with E-state index in [0.717, 1.165) is 17.1 Å². The van der Waals surface area contributed by atoms with E-state index in [-0.39, 0.29) is 0 Å². The van der Waals surface area contributed by atoms with E-state index in [4.69, 9.17) is 0 Å². The van der Waals surface area contributed by atoms with E-state index in [2.05, 4.69) is 220 Å². The molecular formula is C58H45N3S. The van der Waals surface area contributed by atoms with Gasteiger partial charge in [-0.3, -0.25) is 0 Å². The number of rotatable bonds is 6. The zero-order valence-corrected chi connectivity index (χ0v) is 36.7. The Hall–Kier alpha value is -7.14. The molecule has 12 rings (SSSR count). The molecule has 0 aliphatic carbocycles. The predicted molar refractivity (Wildman–Crippen MR) is 269 cm³/mol. The molecule has 0 N–H and O–H groups in total. The number of aromatic nitrogens is 1. The van der Waals surface area contributed by atoms with Gasteiger partial charge in [-0.25, -0.2) is 0 Å². The van der Waals surface area contributed by atoms with Crippen molar-refractivity contribution in [3.8, 4) is 0 Å². The average molecular weight is 816 g/mol. The first-order valence-corrected chi connectivity index (χ1v) is 22.4. The van der Waals surface area contributed by atoms with Crippen LogP contribution < -0.4 is 9.80 Å². The number of nitrogens with zero attached hydrogens (tertiary/aromatic N) is 3. The first-order chi connectivity index (χ1) is 30.2. The Morgan fingerprint density at radius 1 is 0.355 bits per heavy atom. The van der Waals surface area contributed by atoms with Crippen LogP contribution >= 0.6 is 11.3 Å². The van der Waals surface area contributed by atoms with Gasteiger partial charge in [0.25, 0.3) is 0 Å². The van der Waals surface area contributed by atoms with Gasteiger partial charge in [-0.2, -0.15) is 0 Å². The molecule has 0 fully saturated rings. The van der Waals surface area contributed by atoms with Crippen LogP contribution in [0.4, 0.5) is 34.1 Å². The fourth-order valence-electron chi connectivity index (χ4n) is 10.3. The molecule has 3 nitrogen and oxygen atoms in total. The SMILES string of the molecule is Cc1ccc(N(c2cc(C)cc(C)c2)c2ccc3c(c2)sc2cc4c(ccc5c6ccc(N(c7ccc(C)cc7)c7cc(C)cc(C)c7)c7c8ccccc8n(c45)c67)cc23)cc1. The van der Waals surface area contributed by atoms with Gasteiger partial charge in [0.05, 0.1) is 22.2 Å². The van der Waals surface area contributed by atoms with E-state index >= 15 is 0 Å². The molecule has 0 radical (unpaired) electrons. The lowest BCUT2D eigenvalue weighted by Gasteiger charge is -2.27. The second kappa shape index (κ2) is 13.7. The van der Waals surface area contributed by atoms with Crippen LogP contribution in [-0.2, 0) is 0 Å². The van der Waals surface area contributed by atoms with Crippen molar-refractivity contribution >= 4 is 115 Å². The molecule has 4 heteroatoms. The van der Waals surface area contributed by atoms with Crippen molar-refractivity contribution in [3.05, 3.63) is 197 Å². The zero-order valence-electron chi connectivity index (χ0n) is 35.8. The monoisotopic (exact) mass is 815 g/mol. The lowest BCUT2D eigenvalue weighted by Crippen LogP contribution is -2.11. The largest absolute Gasteiger partial charge is 0.310 e. The molecule has 0 unspecified atom stereocenters. The van der Waals surface area contributed by atoms with Crippen LogP contribution in [0.25, 0.3) is 69.0 Å². The number of anilines is 6. The average Bonchev–Trinajstić information content (AvgIpc) is 3.90. The van der Waals surface area contributed by atoms with Gasteiger partial charge in [-0.1, -0.05) is 90.0 Å². The minimum Gasteiger partial charge on any atom is -0.310 e. The number of hydrogen-bond donors (Lipinski definition) is 0. The summed E-state index contributed by atoms with van der Waals surface area (Å²) in [7, 11) is 0. The third-order valence-electron chi connectivity index (χ3n) is 12.9. The predicted octanol–water partition coefficient (Wildman–Crippen LogP) is 17.1. The summed E-state index contributed by atoms with van der Waals surface area (Å²) < 4.78 is 5.16. The second-order valence-corrected chi connectivity index (χ2v) is 18.6. The Morgan fingerprint density at radius 2 is 0.903 bits per heavy atom. The Labute approximate surface area is 365 Å². The molecule has 12 aromatic rings. The van der Waals surface area contributed by atoms with E-state index in [1.54, 1.807) is 0 Å². The number of benzene rings is 9. The van der Waals surface area contributed by atoms with Crippen molar-refractivity contribution in [1.29, 1.82) is 0 Å². The van der Waals surface area contributed by atoms with Crippen molar-refractivity contribution in [1.82, 2.24) is 4.40 Å². The Bertz CT molecular complexity index is 3720. The highest BCUT2D eigenvalue weighted by atomic mass is 32.1. The number of fused-ring (bicyclic) bond motifs is 11. The normalized spacial score (nSPS) is 12.0. The summed E-state index contributed by atoms with van der Waals surface area (Å²) in [6.45, 7) is 13.1. The van der Waals surface area contributed by atoms with E-state index in [1.807, 2.05) is 11.3 Å². The maximum absolute atomic E-state index is 2.57. The van der Waals surface area contributed by atoms with E-state index in [9.17, 15) is 0 Å². The van der Waals surface area contributed by atoms with E-state index in [0.29, 0.717) is 0 Å². The summed E-state index contributed by atoms with van der Waals surface area (Å²) in [5.74, 6) is 0. The van der Waals surface area contributed by atoms with E-state index in [1.165, 1.54) is 119 Å². The second-order valence-electron chi connectivity index (χ2n) is 17.6. The highest BCUT2D eigenvalue weighted by Gasteiger charge is 2.25. The quantitative estimate of drug-likeness (QED) is 0.166. The molecular weight excluding hydrogens is 771 g/mol. The topological polar surface area (TPSA) is 10.9 Å². The zero-order chi connectivity index (χ0) is 42.0. The summed E-state index contributed by atoms with van der Waals surface area (Å²) in [5, 5.41) is 10.2. The Morgan fingerprint density at radius 3 is 1.58 bits per heavy atom. The maximum Gasteiger partial charge on any atom is 0.0641 e. The van der Waals surface area contributed by atoms with Crippen LogP contribution in [0.5, 0.6) is 0 Å². The molecule has 3 heterocycles. The number of thiophene rings is 1. The fraction of sp³-hybridized carbons (Fsp3) is 0.103. The van der Waals surface area contributed by atoms with Crippen LogP contribution in [-0.4, -0.2) is 4.40 Å². The van der Waals surface area contributed by atoms with Gasteiger partial charge in [0.2, 0.25) is 0 Å². The molecule has 0 saturated heterocycles. The summed E-state index contributed by atoms with van der Waals surface area (Å²) in [6, 6.07) is 61.9. The molecule has 0 bridgehead atoms. The van der Waals surface area contributed by atoms with Crippen LogP contribution in [0.1, 0.15) is 33.4 Å². The fourth-order valence-corrected chi connectivity index (χ4v) is 11.5. The summed E-state index contributed by atoms with van der Waals surface area (Å²) in [6.07, 6.45) is 0. The molecule has 0 amide bonds. The molecule has 298 valence electrons. The van der Waals surface area contributed by atoms with Gasteiger partial charge in [0.1, 0.15) is 0 Å². The highest BCUT2D eigenvalue weighted by Crippen LogP contribution is 2.50. The lowest BCUT2D eigenvalue weighted by atomic mass is 10.0. The van der Waals surface area contributed by atoms with Gasteiger partial charge in [0.15, 0.2) is 0 Å². The smallest absolute Gasteiger partial charge is 0.0641 e. The highest BCUT2D eigenvalue weighted by molar-refractivity contribution is 7.26. The van der Waals surface area contributed by atoms with Crippen LogP contribution in [0, 0.1) is 41.5 Å². The first-order valence-electron chi connectivity index (χ1n) is 21.6. The van der Waals surface area contributed by atoms with Gasteiger partial charge in [-0.05, 0) is 154 Å². The number of hydrogen-bond acceptors (Lipinski definition) is 3. The molecule has 9 aromatic carbocycles. The van der Waals surface area contributed by atoms with Crippen molar-refractivity contribution in [2.75, 3.05) is 9.80 Å². The Kier molecular flexibility index (Phi) is 8.10. The Balaban J connectivity index is 1.09. The maximum atomic E-state index is 2.57. The summed E-state index contributed by atoms with van der Waals surface area (Å²) >= 11 is 1.90. The third kappa shape index (κ3) is 5.63. The summed E-state index contributed by atoms with van der Waals surface area (Å²) in [4.78, 5) is 4.87. The van der Waals surface area contributed by atoms with Gasteiger partial charge >= 0.3 is 0 Å². The van der Waals surface area contributed by atoms with Gasteiger partial charge in [-0.15, -0.1) is 11.3 Å². The van der Waals surface area contributed by atoms with Crippen molar-refractivity contribution in [3.63, 3.8) is 0 Å². The molecule has 0 atom stereocenters. The van der Waals surface area contributed by atoms with Crippen molar-refractivity contribution < 1.29 is 0 Å². The molecule has 0 saturated carbocycles. The molecule has 0 spiro atoms. The van der Waals surface area contributed by atoms with Gasteiger partial charge < -0.3 is 14.2 Å². The minimum absolute atomic E-state index is 1.15. The third-order valence-corrected chi connectivity index (χ3v) is 14.0. The molecule has 0 aliphatic heterocycles. The molecule has 62 heavy (non-hydrogen) atoms. The standard InChI is InChI=1S/C58H45N3S/c1-34-11-16-41(17-12-34)59(44-27-36(3)25-37(4)28-44)43-20-22-46-51-31-40-15-21-47-48-23-24-53(60(42-18-13-35(2)14-19-42)45-29-38(5)26-39(6)30-45)56-49-9-7-8-10-52(49)61(58(48)56)57(47)50(40)33-55(51)62-54(46)32-43/h7-33H,1-6H3. The minimum atomic E-state index is 1.15. The molecule has 0 aliphatic rings. The van der Waals surface area contributed by atoms with Crippen LogP contribution in [0.3, 0.4) is 0 Å². The van der Waals surface area contributed by atoms with Crippen molar-refractivity contribution in [2.45, 2.75) is 41.5 Å². The number of para-hydroxylation sites is 1. The first kappa shape index (κ1) is 36.7. The van der Waals surface area contributed by atoms with Crippen molar-refractivity contribution in [2.24, 2.45) is 0 Å². The van der Waals surface area contributed by atoms with Crippen LogP contribution in [0.15, 0.2) is 164 Å². The van der Waals surface area contributed by atoms with Gasteiger partial charge in [0, 0.05) is 75.5 Å². The lowest BCUT2D eigenvalue weighted by molar-refractivity contribution is 1.25. The molecule has 3 aromatic heterocycles. The summed E-state index contributed by atoms with van der Waals surface area (Å²) in [5.41, 5.74) is 18.3. The van der Waals surface area contributed by atoms with E-state index < -0.39 is 0 Å². The number of aryl methyl sites for hydroxylation is 6. The van der Waals surface area contributed by atoms with Crippen LogP contribution in [0.2, 0.25) is 0 Å².